The third-order valence-corrected chi connectivity index (χ3v) is 4.63. The van der Waals surface area contributed by atoms with Crippen molar-refractivity contribution in [3.63, 3.8) is 0 Å². The molecule has 17 heavy (non-hydrogen) atoms. The Hall–Kier alpha value is -0.420. The molecule has 0 amide bonds. The van der Waals surface area contributed by atoms with Crippen LogP contribution in [0, 0.1) is 3.57 Å². The maximum atomic E-state index is 12.1. The average Bonchev–Trinajstić information content (AvgIpc) is 2.31. The summed E-state index contributed by atoms with van der Waals surface area (Å²) in [7, 11) is 2.12. The molecular formula is C14H18INO. The molecule has 0 bridgehead atoms. The number of nitrogens with zero attached hydrogens (tertiary/aromatic N) is 1. The molecule has 2 nitrogen and oxygen atoms in total. The Balaban J connectivity index is 2.35. The van der Waals surface area contributed by atoms with E-state index < -0.39 is 0 Å². The summed E-state index contributed by atoms with van der Waals surface area (Å²) < 4.78 is 1.22. The van der Waals surface area contributed by atoms with Gasteiger partial charge >= 0.3 is 0 Å². The topological polar surface area (TPSA) is 20.3 Å². The maximum Gasteiger partial charge on any atom is 0.140 e. The number of rotatable bonds is 2. The number of piperidine rings is 1. The van der Waals surface area contributed by atoms with E-state index in [-0.39, 0.29) is 5.41 Å². The van der Waals surface area contributed by atoms with Crippen molar-refractivity contribution in [1.82, 2.24) is 4.90 Å². The second-order valence-corrected chi connectivity index (χ2v) is 6.19. The molecule has 1 saturated heterocycles. The number of carbonyl (C=O) groups is 1. The quantitative estimate of drug-likeness (QED) is 0.770. The van der Waals surface area contributed by atoms with E-state index in [4.69, 9.17) is 0 Å². The number of likely N-dealkylation sites (tertiary alicyclic amines) is 1. The van der Waals surface area contributed by atoms with Gasteiger partial charge in [0, 0.05) is 3.57 Å². The molecule has 1 aromatic carbocycles. The number of halogens is 1. The number of Topliss-reactive ketones (excluding diaryl/α,β-unsaturated/α-hetero) is 1. The van der Waals surface area contributed by atoms with Gasteiger partial charge in [0.2, 0.25) is 0 Å². The van der Waals surface area contributed by atoms with Crippen LogP contribution in [-0.2, 0) is 10.2 Å². The van der Waals surface area contributed by atoms with Gasteiger partial charge in [0.05, 0.1) is 5.41 Å². The lowest BCUT2D eigenvalue weighted by Gasteiger charge is -2.39. The van der Waals surface area contributed by atoms with E-state index in [0.29, 0.717) is 5.78 Å². The molecule has 0 unspecified atom stereocenters. The second kappa shape index (κ2) is 5.06. The minimum Gasteiger partial charge on any atom is -0.306 e. The first kappa shape index (κ1) is 13.0. The molecule has 3 heteroatoms. The summed E-state index contributed by atoms with van der Waals surface area (Å²) in [5.74, 6) is 0.312. The SMILES string of the molecule is CC(=O)C1(c2ccc(I)cc2)CCN(C)CC1. The van der Waals surface area contributed by atoms with Gasteiger partial charge < -0.3 is 4.90 Å². The zero-order valence-electron chi connectivity index (χ0n) is 10.4. The fraction of sp³-hybridized carbons (Fsp3) is 0.500. The third kappa shape index (κ3) is 2.55. The van der Waals surface area contributed by atoms with E-state index >= 15 is 0 Å². The molecule has 1 aliphatic heterocycles. The van der Waals surface area contributed by atoms with Crippen LogP contribution in [0.25, 0.3) is 0 Å². The lowest BCUT2D eigenvalue weighted by Crippen LogP contribution is -2.45. The van der Waals surface area contributed by atoms with Crippen molar-refractivity contribution in [2.45, 2.75) is 25.2 Å². The van der Waals surface area contributed by atoms with Crippen molar-refractivity contribution in [2.75, 3.05) is 20.1 Å². The molecule has 1 fully saturated rings. The van der Waals surface area contributed by atoms with Gasteiger partial charge in [-0.1, -0.05) is 12.1 Å². The molecule has 0 aromatic heterocycles. The number of hydrogen-bond acceptors (Lipinski definition) is 2. The van der Waals surface area contributed by atoms with Crippen LogP contribution in [0.4, 0.5) is 0 Å². The van der Waals surface area contributed by atoms with Gasteiger partial charge in [-0.15, -0.1) is 0 Å². The van der Waals surface area contributed by atoms with Gasteiger partial charge in [-0.25, -0.2) is 0 Å². The third-order valence-electron chi connectivity index (χ3n) is 3.91. The van der Waals surface area contributed by atoms with Gasteiger partial charge in [0.25, 0.3) is 0 Å². The first-order valence-electron chi connectivity index (χ1n) is 6.00. The highest BCUT2D eigenvalue weighted by molar-refractivity contribution is 14.1. The first-order valence-corrected chi connectivity index (χ1v) is 7.08. The summed E-state index contributed by atoms with van der Waals surface area (Å²) in [5.41, 5.74) is 0.954. The lowest BCUT2D eigenvalue weighted by molar-refractivity contribution is -0.124. The van der Waals surface area contributed by atoms with Gasteiger partial charge in [-0.2, -0.15) is 0 Å². The highest BCUT2D eigenvalue weighted by Gasteiger charge is 2.39. The highest BCUT2D eigenvalue weighted by Crippen LogP contribution is 2.36. The van der Waals surface area contributed by atoms with Crippen LogP contribution < -0.4 is 0 Å². The summed E-state index contributed by atoms with van der Waals surface area (Å²) in [6, 6.07) is 8.43. The van der Waals surface area contributed by atoms with Crippen molar-refractivity contribution in [1.29, 1.82) is 0 Å². The van der Waals surface area contributed by atoms with Crippen molar-refractivity contribution in [2.24, 2.45) is 0 Å². The maximum absolute atomic E-state index is 12.1. The Morgan fingerprint density at radius 3 is 2.24 bits per heavy atom. The van der Waals surface area contributed by atoms with E-state index in [1.165, 1.54) is 9.13 Å². The number of carbonyl (C=O) groups excluding carboxylic acids is 1. The Labute approximate surface area is 117 Å². The predicted octanol–water partition coefficient (Wildman–Crippen LogP) is 2.84. The standard InChI is InChI=1S/C14H18INO/c1-11(17)14(7-9-16(2)10-8-14)12-3-5-13(15)6-4-12/h3-6H,7-10H2,1-2H3. The first-order chi connectivity index (χ1) is 8.04. The Kier molecular flexibility index (Phi) is 3.88. The Morgan fingerprint density at radius 2 is 1.76 bits per heavy atom. The van der Waals surface area contributed by atoms with Gasteiger partial charge in [-0.3, -0.25) is 4.79 Å². The summed E-state index contributed by atoms with van der Waals surface area (Å²) in [6.07, 6.45) is 1.89. The van der Waals surface area contributed by atoms with Crippen molar-refractivity contribution < 1.29 is 4.79 Å². The van der Waals surface area contributed by atoms with Crippen LogP contribution in [0.5, 0.6) is 0 Å². The molecule has 0 radical (unpaired) electrons. The molecule has 0 atom stereocenters. The van der Waals surface area contributed by atoms with E-state index in [0.717, 1.165) is 25.9 Å². The highest BCUT2D eigenvalue weighted by atomic mass is 127. The Bertz CT molecular complexity index is 405. The normalized spacial score (nSPS) is 20.2. The molecule has 0 aliphatic carbocycles. The van der Waals surface area contributed by atoms with E-state index in [1.54, 1.807) is 6.92 Å². The van der Waals surface area contributed by atoms with Gasteiger partial charge in [-0.05, 0) is 80.2 Å². The molecule has 1 heterocycles. The molecule has 2 rings (SSSR count). The summed E-state index contributed by atoms with van der Waals surface area (Å²) in [5, 5.41) is 0. The van der Waals surface area contributed by atoms with Gasteiger partial charge in [0.15, 0.2) is 0 Å². The van der Waals surface area contributed by atoms with Crippen LogP contribution in [-0.4, -0.2) is 30.8 Å². The number of benzene rings is 1. The van der Waals surface area contributed by atoms with Crippen molar-refractivity contribution >= 4 is 28.4 Å². The number of hydrogen-bond donors (Lipinski definition) is 0. The average molecular weight is 343 g/mol. The van der Waals surface area contributed by atoms with Crippen LogP contribution in [0.3, 0.4) is 0 Å². The monoisotopic (exact) mass is 343 g/mol. The predicted molar refractivity (Wildman–Crippen MR) is 78.2 cm³/mol. The summed E-state index contributed by atoms with van der Waals surface area (Å²) in [6.45, 7) is 3.75. The largest absolute Gasteiger partial charge is 0.306 e. The van der Waals surface area contributed by atoms with Crippen LogP contribution >= 0.6 is 22.6 Å². The molecule has 1 aromatic rings. The molecule has 92 valence electrons. The molecule has 0 spiro atoms. The summed E-state index contributed by atoms with van der Waals surface area (Å²) in [4.78, 5) is 14.4. The molecule has 0 saturated carbocycles. The second-order valence-electron chi connectivity index (χ2n) is 4.95. The Morgan fingerprint density at radius 1 is 1.24 bits per heavy atom. The fourth-order valence-corrected chi connectivity index (χ4v) is 2.97. The minimum atomic E-state index is -0.239. The molecule has 0 N–H and O–H groups in total. The zero-order valence-corrected chi connectivity index (χ0v) is 12.5. The molecule has 1 aliphatic rings. The zero-order chi connectivity index (χ0) is 12.5. The van der Waals surface area contributed by atoms with Crippen molar-refractivity contribution in [3.8, 4) is 0 Å². The van der Waals surface area contributed by atoms with E-state index in [9.17, 15) is 4.79 Å². The molecular weight excluding hydrogens is 325 g/mol. The van der Waals surface area contributed by atoms with Crippen LogP contribution in [0.15, 0.2) is 24.3 Å². The van der Waals surface area contributed by atoms with E-state index in [2.05, 4.69) is 58.8 Å². The number of ketones is 1. The van der Waals surface area contributed by atoms with Crippen molar-refractivity contribution in [3.05, 3.63) is 33.4 Å². The summed E-state index contributed by atoms with van der Waals surface area (Å²) >= 11 is 2.30. The smallest absolute Gasteiger partial charge is 0.140 e. The van der Waals surface area contributed by atoms with Gasteiger partial charge in [0.1, 0.15) is 5.78 Å². The van der Waals surface area contributed by atoms with Crippen LogP contribution in [0.2, 0.25) is 0 Å². The fourth-order valence-electron chi connectivity index (χ4n) is 2.61. The lowest BCUT2D eigenvalue weighted by atomic mass is 9.70. The van der Waals surface area contributed by atoms with E-state index in [1.807, 2.05) is 0 Å². The minimum absolute atomic E-state index is 0.239. The van der Waals surface area contributed by atoms with Crippen LogP contribution in [0.1, 0.15) is 25.3 Å².